The summed E-state index contributed by atoms with van der Waals surface area (Å²) in [7, 11) is 1.95. The third-order valence-corrected chi connectivity index (χ3v) is 3.23. The number of para-hydroxylation sites is 1. The molecule has 0 fully saturated rings. The fourth-order valence-corrected chi connectivity index (χ4v) is 2.18. The zero-order valence-corrected chi connectivity index (χ0v) is 12.7. The quantitative estimate of drug-likeness (QED) is 0.882. The van der Waals surface area contributed by atoms with Gasteiger partial charge in [0.1, 0.15) is 11.5 Å². The van der Waals surface area contributed by atoms with Crippen LogP contribution in [0.25, 0.3) is 0 Å². The molecule has 0 atom stereocenters. The second kappa shape index (κ2) is 6.10. The average molecular weight is 269 g/mol. The summed E-state index contributed by atoms with van der Waals surface area (Å²) in [4.78, 5) is 0. The van der Waals surface area contributed by atoms with E-state index in [1.165, 1.54) is 11.1 Å². The third-order valence-electron chi connectivity index (χ3n) is 3.23. The summed E-state index contributed by atoms with van der Waals surface area (Å²) in [6.45, 7) is 7.47. The number of nitrogens with one attached hydrogen (secondary N) is 1. The van der Waals surface area contributed by atoms with Gasteiger partial charge in [0.25, 0.3) is 0 Å². The molecule has 1 N–H and O–H groups in total. The van der Waals surface area contributed by atoms with E-state index in [4.69, 9.17) is 4.74 Å². The van der Waals surface area contributed by atoms with Crippen molar-refractivity contribution in [2.24, 2.45) is 0 Å². The standard InChI is InChI=1S/C18H23NO/c1-18(2,3)16-7-5-6-8-17(16)20-15-11-9-14(10-12-15)13-19-4/h5-12,19H,13H2,1-4H3. The molecule has 20 heavy (non-hydrogen) atoms. The maximum Gasteiger partial charge on any atom is 0.131 e. The molecular weight excluding hydrogens is 246 g/mol. The van der Waals surface area contributed by atoms with Gasteiger partial charge in [-0.25, -0.2) is 0 Å². The maximum atomic E-state index is 6.05. The smallest absolute Gasteiger partial charge is 0.131 e. The first-order valence-electron chi connectivity index (χ1n) is 7.01. The Kier molecular flexibility index (Phi) is 4.46. The van der Waals surface area contributed by atoms with Crippen LogP contribution in [0.2, 0.25) is 0 Å². The molecule has 0 spiro atoms. The normalized spacial score (nSPS) is 11.4. The summed E-state index contributed by atoms with van der Waals surface area (Å²) in [6.07, 6.45) is 0. The number of hydrogen-bond acceptors (Lipinski definition) is 2. The second-order valence-corrected chi connectivity index (χ2v) is 6.02. The van der Waals surface area contributed by atoms with Crippen LogP contribution >= 0.6 is 0 Å². The summed E-state index contributed by atoms with van der Waals surface area (Å²) >= 11 is 0. The van der Waals surface area contributed by atoms with Crippen LogP contribution in [0.5, 0.6) is 11.5 Å². The van der Waals surface area contributed by atoms with Crippen molar-refractivity contribution in [3.05, 3.63) is 59.7 Å². The molecule has 0 bridgehead atoms. The molecule has 0 saturated carbocycles. The second-order valence-electron chi connectivity index (χ2n) is 6.02. The van der Waals surface area contributed by atoms with Crippen molar-refractivity contribution in [2.75, 3.05) is 7.05 Å². The van der Waals surface area contributed by atoms with Crippen LogP contribution in [0.4, 0.5) is 0 Å². The van der Waals surface area contributed by atoms with Crippen LogP contribution in [-0.2, 0) is 12.0 Å². The van der Waals surface area contributed by atoms with E-state index in [1.54, 1.807) is 0 Å². The van der Waals surface area contributed by atoms with E-state index in [1.807, 2.05) is 31.3 Å². The van der Waals surface area contributed by atoms with Gasteiger partial charge in [0, 0.05) is 12.1 Å². The van der Waals surface area contributed by atoms with Crippen molar-refractivity contribution in [3.63, 3.8) is 0 Å². The first-order chi connectivity index (χ1) is 9.50. The first-order valence-corrected chi connectivity index (χ1v) is 7.01. The van der Waals surface area contributed by atoms with Crippen molar-refractivity contribution in [2.45, 2.75) is 32.7 Å². The van der Waals surface area contributed by atoms with Crippen molar-refractivity contribution in [1.82, 2.24) is 5.32 Å². The molecule has 0 unspecified atom stereocenters. The number of benzene rings is 2. The van der Waals surface area contributed by atoms with E-state index < -0.39 is 0 Å². The largest absolute Gasteiger partial charge is 0.457 e. The summed E-state index contributed by atoms with van der Waals surface area (Å²) in [6, 6.07) is 16.4. The molecule has 0 aromatic heterocycles. The highest BCUT2D eigenvalue weighted by Gasteiger charge is 2.18. The van der Waals surface area contributed by atoms with Gasteiger partial charge < -0.3 is 10.1 Å². The van der Waals surface area contributed by atoms with E-state index >= 15 is 0 Å². The zero-order valence-electron chi connectivity index (χ0n) is 12.7. The van der Waals surface area contributed by atoms with E-state index in [9.17, 15) is 0 Å². The van der Waals surface area contributed by atoms with Crippen LogP contribution in [0.15, 0.2) is 48.5 Å². The number of rotatable bonds is 4. The average Bonchev–Trinajstić information content (AvgIpc) is 2.41. The molecular formula is C18H23NO. The van der Waals surface area contributed by atoms with Gasteiger partial charge in [-0.05, 0) is 36.2 Å². The van der Waals surface area contributed by atoms with Crippen molar-refractivity contribution >= 4 is 0 Å². The predicted molar refractivity (Wildman–Crippen MR) is 84.4 cm³/mol. The summed E-state index contributed by atoms with van der Waals surface area (Å²) in [5.41, 5.74) is 2.55. The van der Waals surface area contributed by atoms with Crippen LogP contribution in [0, 0.1) is 0 Å². The molecule has 0 aliphatic rings. The highest BCUT2D eigenvalue weighted by molar-refractivity contribution is 5.41. The Morgan fingerprint density at radius 2 is 1.60 bits per heavy atom. The Labute approximate surface area is 121 Å². The lowest BCUT2D eigenvalue weighted by molar-refractivity contribution is 0.455. The molecule has 0 heterocycles. The minimum Gasteiger partial charge on any atom is -0.457 e. The van der Waals surface area contributed by atoms with E-state index in [0.717, 1.165) is 18.0 Å². The summed E-state index contributed by atoms with van der Waals surface area (Å²) in [5, 5.41) is 3.14. The molecule has 0 radical (unpaired) electrons. The summed E-state index contributed by atoms with van der Waals surface area (Å²) < 4.78 is 6.05. The van der Waals surface area contributed by atoms with Gasteiger partial charge in [-0.1, -0.05) is 51.1 Å². The van der Waals surface area contributed by atoms with Gasteiger partial charge in [0.15, 0.2) is 0 Å². The Balaban J connectivity index is 2.22. The van der Waals surface area contributed by atoms with Crippen molar-refractivity contribution in [3.8, 4) is 11.5 Å². The Hall–Kier alpha value is -1.80. The highest BCUT2D eigenvalue weighted by Crippen LogP contribution is 2.33. The van der Waals surface area contributed by atoms with Gasteiger partial charge in [-0.3, -0.25) is 0 Å². The minimum absolute atomic E-state index is 0.0721. The SMILES string of the molecule is CNCc1ccc(Oc2ccccc2C(C)(C)C)cc1. The Morgan fingerprint density at radius 3 is 2.20 bits per heavy atom. The van der Waals surface area contributed by atoms with Crippen molar-refractivity contribution < 1.29 is 4.74 Å². The van der Waals surface area contributed by atoms with Crippen LogP contribution < -0.4 is 10.1 Å². The molecule has 0 saturated heterocycles. The topological polar surface area (TPSA) is 21.3 Å². The zero-order chi connectivity index (χ0) is 14.6. The predicted octanol–water partition coefficient (Wildman–Crippen LogP) is 4.50. The molecule has 0 aliphatic heterocycles. The monoisotopic (exact) mass is 269 g/mol. The molecule has 2 aromatic carbocycles. The van der Waals surface area contributed by atoms with Gasteiger partial charge in [-0.15, -0.1) is 0 Å². The molecule has 2 rings (SSSR count). The van der Waals surface area contributed by atoms with E-state index in [2.05, 4.69) is 50.4 Å². The highest BCUT2D eigenvalue weighted by atomic mass is 16.5. The van der Waals surface area contributed by atoms with E-state index in [0.29, 0.717) is 0 Å². The number of ether oxygens (including phenoxy) is 1. The fourth-order valence-electron chi connectivity index (χ4n) is 2.18. The minimum atomic E-state index is 0.0721. The Bertz CT molecular complexity index is 552. The molecule has 0 amide bonds. The molecule has 2 nitrogen and oxygen atoms in total. The van der Waals surface area contributed by atoms with Crippen LogP contribution in [0.3, 0.4) is 0 Å². The first kappa shape index (κ1) is 14.6. The maximum absolute atomic E-state index is 6.05. The van der Waals surface area contributed by atoms with Crippen LogP contribution in [0.1, 0.15) is 31.9 Å². The van der Waals surface area contributed by atoms with Crippen molar-refractivity contribution in [1.29, 1.82) is 0 Å². The van der Waals surface area contributed by atoms with Crippen LogP contribution in [-0.4, -0.2) is 7.05 Å². The molecule has 2 aromatic rings. The molecule has 106 valence electrons. The van der Waals surface area contributed by atoms with Gasteiger partial charge >= 0.3 is 0 Å². The van der Waals surface area contributed by atoms with Gasteiger partial charge in [-0.2, -0.15) is 0 Å². The van der Waals surface area contributed by atoms with Gasteiger partial charge in [0.2, 0.25) is 0 Å². The Morgan fingerprint density at radius 1 is 0.950 bits per heavy atom. The lowest BCUT2D eigenvalue weighted by atomic mass is 9.86. The molecule has 2 heteroatoms. The lowest BCUT2D eigenvalue weighted by Crippen LogP contribution is -2.12. The third kappa shape index (κ3) is 3.61. The summed E-state index contributed by atoms with van der Waals surface area (Å²) in [5.74, 6) is 1.81. The lowest BCUT2D eigenvalue weighted by Gasteiger charge is -2.22. The molecule has 0 aliphatic carbocycles. The van der Waals surface area contributed by atoms with Gasteiger partial charge in [0.05, 0.1) is 0 Å². The van der Waals surface area contributed by atoms with E-state index in [-0.39, 0.29) is 5.41 Å². The number of hydrogen-bond donors (Lipinski definition) is 1. The fraction of sp³-hybridized carbons (Fsp3) is 0.333.